The molecule has 0 aromatic heterocycles. The third kappa shape index (κ3) is 3.99. The van der Waals surface area contributed by atoms with Gasteiger partial charge in [-0.3, -0.25) is 0 Å². The van der Waals surface area contributed by atoms with E-state index in [1.165, 1.54) is 6.07 Å². The van der Waals surface area contributed by atoms with Gasteiger partial charge in [-0.1, -0.05) is 43.6 Å². The molecule has 118 valence electrons. The molecule has 2 nitrogen and oxygen atoms in total. The standard InChI is InChI=1S/C18H20ClFO2/c1-12(2)15(10-21)13-6-8-14(9-7-13)22-11-16-17(19)4-3-5-18(16)20/h3-9,12,15,21H,10-11H2,1-2H3. The lowest BCUT2D eigenvalue weighted by molar-refractivity contribution is 0.237. The van der Waals surface area contributed by atoms with Crippen molar-refractivity contribution in [3.63, 3.8) is 0 Å². The summed E-state index contributed by atoms with van der Waals surface area (Å²) in [6.07, 6.45) is 0. The van der Waals surface area contributed by atoms with Crippen LogP contribution in [0.4, 0.5) is 4.39 Å². The predicted octanol–water partition coefficient (Wildman–Crippen LogP) is 4.79. The zero-order valence-corrected chi connectivity index (χ0v) is 13.5. The van der Waals surface area contributed by atoms with Crippen LogP contribution in [0.2, 0.25) is 5.02 Å². The molecule has 4 heteroatoms. The van der Waals surface area contributed by atoms with Gasteiger partial charge >= 0.3 is 0 Å². The SMILES string of the molecule is CC(C)C(CO)c1ccc(OCc2c(F)cccc2Cl)cc1. The summed E-state index contributed by atoms with van der Waals surface area (Å²) in [5, 5.41) is 9.80. The minimum atomic E-state index is -0.371. The Kier molecular flexibility index (Phi) is 5.81. The van der Waals surface area contributed by atoms with Crippen LogP contribution in [-0.2, 0) is 6.61 Å². The molecule has 0 saturated heterocycles. The van der Waals surface area contributed by atoms with Crippen LogP contribution < -0.4 is 4.74 Å². The van der Waals surface area contributed by atoms with E-state index in [9.17, 15) is 9.50 Å². The van der Waals surface area contributed by atoms with Gasteiger partial charge in [0.25, 0.3) is 0 Å². The fraction of sp³-hybridized carbons (Fsp3) is 0.333. The van der Waals surface area contributed by atoms with Gasteiger partial charge in [-0.05, 0) is 35.7 Å². The summed E-state index contributed by atoms with van der Waals surface area (Å²) in [5.74, 6) is 0.733. The first-order valence-corrected chi connectivity index (χ1v) is 7.67. The molecular formula is C18H20ClFO2. The van der Waals surface area contributed by atoms with E-state index in [0.717, 1.165) is 5.56 Å². The summed E-state index contributed by atoms with van der Waals surface area (Å²) in [7, 11) is 0. The highest BCUT2D eigenvalue weighted by atomic mass is 35.5. The maximum absolute atomic E-state index is 13.7. The second-order valence-electron chi connectivity index (χ2n) is 5.59. The molecule has 0 aliphatic rings. The fourth-order valence-corrected chi connectivity index (χ4v) is 2.56. The second kappa shape index (κ2) is 7.61. The fourth-order valence-electron chi connectivity index (χ4n) is 2.34. The van der Waals surface area contributed by atoms with Crippen molar-refractivity contribution in [1.29, 1.82) is 0 Å². The van der Waals surface area contributed by atoms with Crippen LogP contribution in [0.3, 0.4) is 0 Å². The summed E-state index contributed by atoms with van der Waals surface area (Å²) in [6.45, 7) is 4.35. The molecule has 0 amide bonds. The van der Waals surface area contributed by atoms with Crippen molar-refractivity contribution in [2.75, 3.05) is 6.61 Å². The first-order chi connectivity index (χ1) is 10.5. The minimum Gasteiger partial charge on any atom is -0.489 e. The van der Waals surface area contributed by atoms with Gasteiger partial charge in [-0.25, -0.2) is 4.39 Å². The van der Waals surface area contributed by atoms with Crippen LogP contribution in [0.1, 0.15) is 30.9 Å². The maximum atomic E-state index is 13.7. The van der Waals surface area contributed by atoms with E-state index in [1.54, 1.807) is 12.1 Å². The molecule has 0 bridgehead atoms. The lowest BCUT2D eigenvalue weighted by atomic mass is 9.89. The van der Waals surface area contributed by atoms with Crippen molar-refractivity contribution >= 4 is 11.6 Å². The Morgan fingerprint density at radius 1 is 1.14 bits per heavy atom. The summed E-state index contributed by atoms with van der Waals surface area (Å²) in [5.41, 5.74) is 1.41. The van der Waals surface area contributed by atoms with E-state index in [2.05, 4.69) is 13.8 Å². The third-order valence-corrected chi connectivity index (χ3v) is 4.11. The largest absolute Gasteiger partial charge is 0.489 e. The Morgan fingerprint density at radius 3 is 2.36 bits per heavy atom. The van der Waals surface area contributed by atoms with E-state index in [-0.39, 0.29) is 24.9 Å². The van der Waals surface area contributed by atoms with Crippen LogP contribution in [0.15, 0.2) is 42.5 Å². The van der Waals surface area contributed by atoms with E-state index in [1.807, 2.05) is 24.3 Å². The zero-order chi connectivity index (χ0) is 16.1. The van der Waals surface area contributed by atoms with Gasteiger partial charge in [0.1, 0.15) is 18.2 Å². The average molecular weight is 323 g/mol. The number of aliphatic hydroxyl groups excluding tert-OH is 1. The number of aliphatic hydroxyl groups is 1. The van der Waals surface area contributed by atoms with E-state index in [4.69, 9.17) is 16.3 Å². The molecule has 0 aliphatic carbocycles. The van der Waals surface area contributed by atoms with Crippen molar-refractivity contribution in [3.8, 4) is 5.75 Å². The van der Waals surface area contributed by atoms with Gasteiger partial charge < -0.3 is 9.84 Å². The van der Waals surface area contributed by atoms with Crippen LogP contribution >= 0.6 is 11.6 Å². The quantitative estimate of drug-likeness (QED) is 0.828. The lowest BCUT2D eigenvalue weighted by Crippen LogP contribution is -2.11. The first kappa shape index (κ1) is 16.8. The normalized spacial score (nSPS) is 12.5. The van der Waals surface area contributed by atoms with Crippen molar-refractivity contribution < 1.29 is 14.2 Å². The number of rotatable bonds is 6. The molecule has 0 aliphatic heterocycles. The molecule has 0 saturated carbocycles. The maximum Gasteiger partial charge on any atom is 0.131 e. The summed E-state index contributed by atoms with van der Waals surface area (Å²) in [6, 6.07) is 12.1. The molecule has 0 radical (unpaired) electrons. The van der Waals surface area contributed by atoms with Gasteiger partial charge in [-0.2, -0.15) is 0 Å². The average Bonchev–Trinajstić information content (AvgIpc) is 2.48. The van der Waals surface area contributed by atoms with E-state index < -0.39 is 0 Å². The van der Waals surface area contributed by atoms with E-state index in [0.29, 0.717) is 22.3 Å². The van der Waals surface area contributed by atoms with Crippen molar-refractivity contribution in [1.82, 2.24) is 0 Å². The van der Waals surface area contributed by atoms with Crippen molar-refractivity contribution in [2.45, 2.75) is 26.4 Å². The predicted molar refractivity (Wildman–Crippen MR) is 86.8 cm³/mol. The second-order valence-corrected chi connectivity index (χ2v) is 6.00. The van der Waals surface area contributed by atoms with Gasteiger partial charge in [0.05, 0.1) is 11.6 Å². The molecule has 2 aromatic carbocycles. The molecule has 1 N–H and O–H groups in total. The summed E-state index contributed by atoms with van der Waals surface area (Å²) >= 11 is 5.97. The highest BCUT2D eigenvalue weighted by Crippen LogP contribution is 2.26. The molecule has 22 heavy (non-hydrogen) atoms. The van der Waals surface area contributed by atoms with Crippen LogP contribution in [0.5, 0.6) is 5.75 Å². The molecule has 2 aromatic rings. The molecular weight excluding hydrogens is 303 g/mol. The highest BCUT2D eigenvalue weighted by Gasteiger charge is 2.14. The Labute approximate surface area is 135 Å². The number of ether oxygens (including phenoxy) is 1. The van der Waals surface area contributed by atoms with Crippen molar-refractivity contribution in [2.24, 2.45) is 5.92 Å². The minimum absolute atomic E-state index is 0.0818. The Morgan fingerprint density at radius 2 is 1.82 bits per heavy atom. The molecule has 0 fully saturated rings. The van der Waals surface area contributed by atoms with Gasteiger partial charge in [0.2, 0.25) is 0 Å². The Balaban J connectivity index is 2.06. The topological polar surface area (TPSA) is 29.5 Å². The van der Waals surface area contributed by atoms with Gasteiger partial charge in [-0.15, -0.1) is 0 Å². The Bertz CT molecular complexity index is 591. The molecule has 0 spiro atoms. The van der Waals surface area contributed by atoms with Crippen LogP contribution in [0, 0.1) is 11.7 Å². The number of halogens is 2. The molecule has 0 heterocycles. The molecule has 2 rings (SSSR count). The monoisotopic (exact) mass is 322 g/mol. The summed E-state index contributed by atoms with van der Waals surface area (Å²) in [4.78, 5) is 0. The Hall–Kier alpha value is -1.58. The van der Waals surface area contributed by atoms with Crippen molar-refractivity contribution in [3.05, 3.63) is 64.4 Å². The van der Waals surface area contributed by atoms with E-state index >= 15 is 0 Å². The highest BCUT2D eigenvalue weighted by molar-refractivity contribution is 6.31. The molecule has 1 atom stereocenters. The van der Waals surface area contributed by atoms with Gasteiger partial charge in [0.15, 0.2) is 0 Å². The molecule has 1 unspecified atom stereocenters. The first-order valence-electron chi connectivity index (χ1n) is 7.29. The number of hydrogen-bond donors (Lipinski definition) is 1. The van der Waals surface area contributed by atoms with Gasteiger partial charge in [0, 0.05) is 11.5 Å². The number of hydrogen-bond acceptors (Lipinski definition) is 2. The lowest BCUT2D eigenvalue weighted by Gasteiger charge is -2.19. The summed E-state index contributed by atoms with van der Waals surface area (Å²) < 4.78 is 19.3. The zero-order valence-electron chi connectivity index (χ0n) is 12.7. The van der Waals surface area contributed by atoms with Crippen LogP contribution in [-0.4, -0.2) is 11.7 Å². The van der Waals surface area contributed by atoms with Crippen LogP contribution in [0.25, 0.3) is 0 Å². The smallest absolute Gasteiger partial charge is 0.131 e. The number of benzene rings is 2. The third-order valence-electron chi connectivity index (χ3n) is 3.75.